The zero-order valence-electron chi connectivity index (χ0n) is 27.6. The zero-order chi connectivity index (χ0) is 33.8. The number of fused-ring (bicyclic) bond motifs is 9. The molecule has 0 unspecified atom stereocenters. The molecule has 6 aromatic carbocycles. The van der Waals surface area contributed by atoms with Crippen LogP contribution in [0.2, 0.25) is 0 Å². The molecule has 0 saturated heterocycles. The summed E-state index contributed by atoms with van der Waals surface area (Å²) >= 11 is 0. The highest BCUT2D eigenvalue weighted by molar-refractivity contribution is 5.92. The molecule has 0 bridgehead atoms. The first-order valence-corrected chi connectivity index (χ1v) is 17.2. The summed E-state index contributed by atoms with van der Waals surface area (Å²) < 4.78 is 0. The fourth-order valence-corrected chi connectivity index (χ4v) is 7.99. The fraction of sp³-hybridized carbons (Fsp3) is 0.0213. The second kappa shape index (κ2) is 11.7. The van der Waals surface area contributed by atoms with Crippen LogP contribution in [0.1, 0.15) is 33.4 Å². The predicted molar refractivity (Wildman–Crippen MR) is 206 cm³/mol. The van der Waals surface area contributed by atoms with Gasteiger partial charge in [0, 0.05) is 29.1 Å². The van der Waals surface area contributed by atoms with Gasteiger partial charge < -0.3 is 0 Å². The quantitative estimate of drug-likeness (QED) is 0.190. The number of benzene rings is 6. The van der Waals surface area contributed by atoms with E-state index >= 15 is 0 Å². The third kappa shape index (κ3) is 4.61. The first-order chi connectivity index (χ1) is 25.3. The maximum Gasteiger partial charge on any atom is 0.164 e. The molecular formula is C47H30N4. The second-order valence-electron chi connectivity index (χ2n) is 13.1. The van der Waals surface area contributed by atoms with Gasteiger partial charge in [-0.1, -0.05) is 158 Å². The lowest BCUT2D eigenvalue weighted by Gasteiger charge is -2.35. The molecule has 2 aromatic heterocycles. The van der Waals surface area contributed by atoms with Gasteiger partial charge in [-0.15, -0.1) is 0 Å². The van der Waals surface area contributed by atoms with E-state index in [4.69, 9.17) is 15.0 Å². The molecule has 10 rings (SSSR count). The van der Waals surface area contributed by atoms with Crippen LogP contribution in [0.3, 0.4) is 0 Å². The highest BCUT2D eigenvalue weighted by atomic mass is 15.0. The van der Waals surface area contributed by atoms with Crippen molar-refractivity contribution in [1.29, 1.82) is 0 Å². The molecule has 2 aliphatic rings. The van der Waals surface area contributed by atoms with Crippen molar-refractivity contribution in [3.8, 4) is 56.4 Å². The zero-order valence-corrected chi connectivity index (χ0v) is 27.6. The molecule has 0 amide bonds. The lowest BCUT2D eigenvalue weighted by Crippen LogP contribution is -2.29. The van der Waals surface area contributed by atoms with Crippen molar-refractivity contribution < 1.29 is 0 Å². The molecule has 4 nitrogen and oxygen atoms in total. The van der Waals surface area contributed by atoms with Crippen LogP contribution in [0.15, 0.2) is 170 Å². The van der Waals surface area contributed by atoms with Gasteiger partial charge in [0.25, 0.3) is 0 Å². The Labute approximate surface area is 296 Å². The van der Waals surface area contributed by atoms with Crippen molar-refractivity contribution >= 4 is 12.2 Å². The van der Waals surface area contributed by atoms with Crippen LogP contribution >= 0.6 is 0 Å². The van der Waals surface area contributed by atoms with Gasteiger partial charge in [0.15, 0.2) is 17.5 Å². The summed E-state index contributed by atoms with van der Waals surface area (Å²) in [7, 11) is 0. The van der Waals surface area contributed by atoms with Gasteiger partial charge in [-0.25, -0.2) is 15.0 Å². The summed E-state index contributed by atoms with van der Waals surface area (Å²) in [5.74, 6) is 1.91. The van der Waals surface area contributed by atoms with Crippen LogP contribution in [0.4, 0.5) is 0 Å². The van der Waals surface area contributed by atoms with Crippen LogP contribution in [-0.4, -0.2) is 19.9 Å². The van der Waals surface area contributed by atoms with Crippen LogP contribution in [0, 0.1) is 0 Å². The third-order valence-electron chi connectivity index (χ3n) is 10.3. The van der Waals surface area contributed by atoms with Gasteiger partial charge in [-0.3, -0.25) is 4.98 Å². The van der Waals surface area contributed by atoms with Crippen molar-refractivity contribution in [2.75, 3.05) is 0 Å². The molecule has 238 valence electrons. The molecular weight excluding hydrogens is 621 g/mol. The summed E-state index contributed by atoms with van der Waals surface area (Å²) in [6, 6.07) is 55.8. The Bertz CT molecular complexity index is 2580. The maximum atomic E-state index is 5.13. The second-order valence-corrected chi connectivity index (χ2v) is 13.1. The molecule has 8 aromatic rings. The average Bonchev–Trinajstić information content (AvgIpc) is 3.41. The number of rotatable bonds is 4. The Morgan fingerprint density at radius 3 is 1.53 bits per heavy atom. The maximum absolute atomic E-state index is 5.13. The molecule has 2 heterocycles. The molecule has 51 heavy (non-hydrogen) atoms. The Morgan fingerprint density at radius 2 is 0.863 bits per heavy atom. The number of pyridine rings is 1. The molecule has 1 spiro atoms. The molecule has 0 radical (unpaired) electrons. The van der Waals surface area contributed by atoms with Crippen LogP contribution in [-0.2, 0) is 5.41 Å². The minimum absolute atomic E-state index is 0.476. The van der Waals surface area contributed by atoms with Crippen LogP contribution in [0.25, 0.3) is 68.6 Å². The summed E-state index contributed by atoms with van der Waals surface area (Å²) in [4.78, 5) is 19.5. The van der Waals surface area contributed by atoms with Crippen molar-refractivity contribution in [2.45, 2.75) is 5.41 Å². The van der Waals surface area contributed by atoms with Crippen molar-refractivity contribution in [2.24, 2.45) is 0 Å². The Hall–Kier alpha value is -6.78. The van der Waals surface area contributed by atoms with E-state index in [-0.39, 0.29) is 0 Å². The standard InChI is InChI=1S/C47H30N4/c1-2-13-34(14-3-1)44-49-45(35-24-20-31(21-25-35)37-15-10-28-48-30-37)51-46(50-44)36-26-27-43-39(29-36)38-16-6-9-19-42(38)47(43)40-17-7-4-11-32(40)22-23-33-12-5-8-18-41(33)47/h1-30H. The molecule has 0 aliphatic heterocycles. The molecule has 4 heteroatoms. The molecule has 0 saturated carbocycles. The van der Waals surface area contributed by atoms with E-state index in [1.807, 2.05) is 42.6 Å². The summed E-state index contributed by atoms with van der Waals surface area (Å²) in [5, 5.41) is 0. The smallest absolute Gasteiger partial charge is 0.164 e. The van der Waals surface area contributed by atoms with Crippen molar-refractivity contribution in [3.05, 3.63) is 203 Å². The minimum Gasteiger partial charge on any atom is -0.264 e. The van der Waals surface area contributed by atoms with Crippen LogP contribution < -0.4 is 0 Å². The van der Waals surface area contributed by atoms with Crippen molar-refractivity contribution in [3.63, 3.8) is 0 Å². The normalized spacial score (nSPS) is 13.2. The van der Waals surface area contributed by atoms with Crippen molar-refractivity contribution in [1.82, 2.24) is 19.9 Å². The lowest BCUT2D eigenvalue weighted by molar-refractivity contribution is 0.766. The minimum atomic E-state index is -0.476. The largest absolute Gasteiger partial charge is 0.264 e. The number of hydrogen-bond acceptors (Lipinski definition) is 4. The highest BCUT2D eigenvalue weighted by Crippen LogP contribution is 2.58. The van der Waals surface area contributed by atoms with Crippen LogP contribution in [0.5, 0.6) is 0 Å². The predicted octanol–water partition coefficient (Wildman–Crippen LogP) is 10.8. The van der Waals surface area contributed by atoms with E-state index in [9.17, 15) is 0 Å². The Morgan fingerprint density at radius 1 is 0.353 bits per heavy atom. The first-order valence-electron chi connectivity index (χ1n) is 17.2. The monoisotopic (exact) mass is 650 g/mol. The number of aromatic nitrogens is 4. The Balaban J connectivity index is 1.17. The van der Waals surface area contributed by atoms with Gasteiger partial charge >= 0.3 is 0 Å². The lowest BCUT2D eigenvalue weighted by atomic mass is 9.66. The van der Waals surface area contributed by atoms with E-state index in [0.29, 0.717) is 17.5 Å². The highest BCUT2D eigenvalue weighted by Gasteiger charge is 2.48. The van der Waals surface area contributed by atoms with E-state index in [2.05, 4.69) is 138 Å². The number of hydrogen-bond donors (Lipinski definition) is 0. The van der Waals surface area contributed by atoms with E-state index < -0.39 is 5.41 Å². The number of nitrogens with zero attached hydrogens (tertiary/aromatic N) is 4. The topological polar surface area (TPSA) is 51.6 Å². The average molecular weight is 651 g/mol. The van der Waals surface area contributed by atoms with Gasteiger partial charge in [0.05, 0.1) is 5.41 Å². The summed E-state index contributed by atoms with van der Waals surface area (Å²) in [5.41, 5.74) is 14.5. The molecule has 2 aliphatic carbocycles. The van der Waals surface area contributed by atoms with Gasteiger partial charge in [0.2, 0.25) is 0 Å². The van der Waals surface area contributed by atoms with E-state index in [1.54, 1.807) is 6.20 Å². The van der Waals surface area contributed by atoms with E-state index in [1.165, 1.54) is 44.5 Å². The van der Waals surface area contributed by atoms with Gasteiger partial charge in [-0.05, 0) is 67.8 Å². The van der Waals surface area contributed by atoms with Gasteiger partial charge in [-0.2, -0.15) is 0 Å². The first kappa shape index (κ1) is 29.2. The SMILES string of the molecule is C1=Cc2ccccc2C2(c3ccccc31)c1ccccc1-c1cc(-c3nc(-c4ccccc4)nc(-c4ccc(-c5cccnc5)cc4)n3)ccc12. The third-order valence-corrected chi connectivity index (χ3v) is 10.3. The van der Waals surface area contributed by atoms with E-state index in [0.717, 1.165) is 27.8 Å². The molecule has 0 fully saturated rings. The summed E-state index contributed by atoms with van der Waals surface area (Å²) in [6.45, 7) is 0. The van der Waals surface area contributed by atoms with Gasteiger partial charge in [0.1, 0.15) is 0 Å². The molecule has 0 N–H and O–H groups in total. The fourth-order valence-electron chi connectivity index (χ4n) is 7.99. The summed E-state index contributed by atoms with van der Waals surface area (Å²) in [6.07, 6.45) is 8.19. The Kier molecular flexibility index (Phi) is 6.68. The molecule has 0 atom stereocenters.